The molecule has 0 bridgehead atoms. The maximum atomic E-state index is 12.9. The van der Waals surface area contributed by atoms with Gasteiger partial charge in [0.05, 0.1) is 0 Å². The summed E-state index contributed by atoms with van der Waals surface area (Å²) < 4.78 is 27.3. The molecule has 2 heterocycles. The molecule has 1 atom stereocenters. The van der Waals surface area contributed by atoms with Gasteiger partial charge in [0.1, 0.15) is 10.3 Å². The highest BCUT2D eigenvalue weighted by molar-refractivity contribution is 7.91. The number of hydrogen-bond acceptors (Lipinski definition) is 6. The molecule has 1 unspecified atom stereocenters. The van der Waals surface area contributed by atoms with Crippen LogP contribution in [0.2, 0.25) is 0 Å². The van der Waals surface area contributed by atoms with E-state index in [1.807, 2.05) is 19.1 Å². The lowest BCUT2D eigenvalue weighted by molar-refractivity contribution is -0.126. The van der Waals surface area contributed by atoms with Gasteiger partial charge in [-0.1, -0.05) is 23.8 Å². The van der Waals surface area contributed by atoms with E-state index in [9.17, 15) is 18.0 Å². The molecule has 1 aromatic carbocycles. The van der Waals surface area contributed by atoms with E-state index >= 15 is 0 Å². The highest BCUT2D eigenvalue weighted by atomic mass is 32.2. The molecule has 1 aromatic heterocycles. The number of anilines is 1. The molecule has 9 nitrogen and oxygen atoms in total. The van der Waals surface area contributed by atoms with Gasteiger partial charge in [0, 0.05) is 38.4 Å². The minimum absolute atomic E-state index is 0.0863. The predicted octanol–water partition coefficient (Wildman–Crippen LogP) is 1.04. The molecule has 162 valence electrons. The molecule has 30 heavy (non-hydrogen) atoms. The number of urea groups is 1. The molecule has 3 rings (SSSR count). The Morgan fingerprint density at radius 2 is 1.93 bits per heavy atom. The first-order chi connectivity index (χ1) is 14.3. The lowest BCUT2D eigenvalue weighted by Crippen LogP contribution is -2.62. The summed E-state index contributed by atoms with van der Waals surface area (Å²) in [6.07, 6.45) is 0. The number of nitrogens with one attached hydrogen (secondary N) is 2. The number of carbonyl (C=O) groups excluding carboxylic acids is 2. The fourth-order valence-corrected chi connectivity index (χ4v) is 5.71. The maximum absolute atomic E-state index is 12.9. The molecule has 3 amide bonds. The van der Waals surface area contributed by atoms with Crippen LogP contribution in [0.1, 0.15) is 5.56 Å². The fourth-order valence-electron chi connectivity index (χ4n) is 3.13. The second-order valence-corrected chi connectivity index (χ2v) is 9.99. The van der Waals surface area contributed by atoms with Crippen molar-refractivity contribution in [1.82, 2.24) is 14.5 Å². The van der Waals surface area contributed by atoms with Crippen molar-refractivity contribution in [2.45, 2.75) is 17.2 Å². The number of benzene rings is 1. The predicted molar refractivity (Wildman–Crippen MR) is 116 cm³/mol. The van der Waals surface area contributed by atoms with Crippen molar-refractivity contribution < 1.29 is 18.0 Å². The summed E-state index contributed by atoms with van der Waals surface area (Å²) in [5, 5.41) is 7.12. The Morgan fingerprint density at radius 1 is 1.20 bits per heavy atom. The first-order valence-corrected chi connectivity index (χ1v) is 11.8. The largest absolute Gasteiger partial charge is 0.353 e. The lowest BCUT2D eigenvalue weighted by Gasteiger charge is -2.39. The molecule has 11 heteroatoms. The summed E-state index contributed by atoms with van der Waals surface area (Å²) in [7, 11) is -3.73. The third-order valence-corrected chi connectivity index (χ3v) is 7.98. The van der Waals surface area contributed by atoms with Crippen molar-refractivity contribution in [1.29, 1.82) is 0 Å². The molecule has 1 saturated heterocycles. The SMILES string of the molecule is Cc1ccc(NC(=O)N2CCN(S(=O)(=O)c3cccs3)CC2C(=O)NCCN)cc1. The molecule has 4 N–H and O–H groups in total. The molecule has 1 aliphatic heterocycles. The number of hydrogen-bond donors (Lipinski definition) is 3. The van der Waals surface area contributed by atoms with Crippen LogP contribution in [-0.4, -0.2) is 68.3 Å². The molecule has 0 radical (unpaired) electrons. The molecule has 0 spiro atoms. The van der Waals surface area contributed by atoms with E-state index in [1.165, 1.54) is 15.3 Å². The zero-order valence-electron chi connectivity index (χ0n) is 16.6. The third-order valence-electron chi connectivity index (χ3n) is 4.74. The Kier molecular flexibility index (Phi) is 7.08. The zero-order valence-corrected chi connectivity index (χ0v) is 18.2. The molecule has 2 aromatic rings. The summed E-state index contributed by atoms with van der Waals surface area (Å²) in [4.78, 5) is 27.0. The Labute approximate surface area is 179 Å². The van der Waals surface area contributed by atoms with Crippen LogP contribution in [0.15, 0.2) is 46.0 Å². The highest BCUT2D eigenvalue weighted by Gasteiger charge is 2.40. The van der Waals surface area contributed by atoms with Gasteiger partial charge in [-0.2, -0.15) is 4.31 Å². The number of piperazine rings is 1. The van der Waals surface area contributed by atoms with E-state index in [-0.39, 0.29) is 36.9 Å². The number of nitrogens with two attached hydrogens (primary N) is 1. The monoisotopic (exact) mass is 451 g/mol. The standard InChI is InChI=1S/C19H25N5O4S2/c1-14-4-6-15(7-5-14)22-19(26)24-11-10-23(13-16(24)18(25)21-9-8-20)30(27,28)17-3-2-12-29-17/h2-7,12,16H,8-11,13,20H2,1H3,(H,21,25)(H,22,26). The number of sulfonamides is 1. The number of carbonyl (C=O) groups is 2. The van der Waals surface area contributed by atoms with Crippen LogP contribution in [-0.2, 0) is 14.8 Å². The molecule has 0 aliphatic carbocycles. The van der Waals surface area contributed by atoms with Crippen molar-refractivity contribution in [3.05, 3.63) is 47.3 Å². The number of rotatable bonds is 6. The average molecular weight is 452 g/mol. The van der Waals surface area contributed by atoms with E-state index in [0.29, 0.717) is 5.69 Å². The Balaban J connectivity index is 1.79. The number of thiophene rings is 1. The van der Waals surface area contributed by atoms with Gasteiger partial charge in [0.25, 0.3) is 10.0 Å². The smallest absolute Gasteiger partial charge is 0.322 e. The van der Waals surface area contributed by atoms with Crippen molar-refractivity contribution in [3.8, 4) is 0 Å². The van der Waals surface area contributed by atoms with Crippen molar-refractivity contribution in [3.63, 3.8) is 0 Å². The van der Waals surface area contributed by atoms with Crippen LogP contribution in [0.4, 0.5) is 10.5 Å². The molecule has 1 aliphatic rings. The van der Waals surface area contributed by atoms with Crippen LogP contribution in [0.3, 0.4) is 0 Å². The first kappa shape index (κ1) is 22.2. The van der Waals surface area contributed by atoms with Gasteiger partial charge in [0.15, 0.2) is 0 Å². The van der Waals surface area contributed by atoms with Gasteiger partial charge >= 0.3 is 6.03 Å². The van der Waals surface area contributed by atoms with Gasteiger partial charge < -0.3 is 21.3 Å². The quantitative estimate of drug-likeness (QED) is 0.605. The van der Waals surface area contributed by atoms with E-state index in [4.69, 9.17) is 5.73 Å². The minimum atomic E-state index is -3.73. The second kappa shape index (κ2) is 9.56. The molecular formula is C19H25N5O4S2. The average Bonchev–Trinajstić information content (AvgIpc) is 3.29. The summed E-state index contributed by atoms with van der Waals surface area (Å²) in [6, 6.07) is 9.04. The molecule has 1 fully saturated rings. The van der Waals surface area contributed by atoms with Gasteiger partial charge in [-0.3, -0.25) is 4.79 Å². The topological polar surface area (TPSA) is 125 Å². The van der Waals surface area contributed by atoms with Crippen LogP contribution >= 0.6 is 11.3 Å². The summed E-state index contributed by atoms with van der Waals surface area (Å²) >= 11 is 1.12. The minimum Gasteiger partial charge on any atom is -0.353 e. The Hall–Kier alpha value is -2.47. The van der Waals surface area contributed by atoms with Crippen LogP contribution < -0.4 is 16.4 Å². The van der Waals surface area contributed by atoms with E-state index in [0.717, 1.165) is 16.9 Å². The van der Waals surface area contributed by atoms with E-state index in [2.05, 4.69) is 10.6 Å². The Bertz CT molecular complexity index is 977. The number of nitrogens with zero attached hydrogens (tertiary/aromatic N) is 2. The van der Waals surface area contributed by atoms with Crippen LogP contribution in [0.5, 0.6) is 0 Å². The Morgan fingerprint density at radius 3 is 2.57 bits per heavy atom. The van der Waals surface area contributed by atoms with Gasteiger partial charge in [-0.15, -0.1) is 11.3 Å². The van der Waals surface area contributed by atoms with Gasteiger partial charge in [0.2, 0.25) is 5.91 Å². The fraction of sp³-hybridized carbons (Fsp3) is 0.368. The van der Waals surface area contributed by atoms with E-state index < -0.39 is 28.0 Å². The number of amides is 3. The lowest BCUT2D eigenvalue weighted by atomic mass is 10.2. The molecule has 0 saturated carbocycles. The normalized spacial score (nSPS) is 17.5. The highest BCUT2D eigenvalue weighted by Crippen LogP contribution is 2.24. The van der Waals surface area contributed by atoms with Crippen LogP contribution in [0.25, 0.3) is 0 Å². The van der Waals surface area contributed by atoms with Crippen molar-refractivity contribution >= 4 is 39.0 Å². The second-order valence-electron chi connectivity index (χ2n) is 6.88. The molecular weight excluding hydrogens is 426 g/mol. The van der Waals surface area contributed by atoms with E-state index in [1.54, 1.807) is 23.6 Å². The van der Waals surface area contributed by atoms with Gasteiger partial charge in [-0.25, -0.2) is 13.2 Å². The van der Waals surface area contributed by atoms with Crippen molar-refractivity contribution in [2.75, 3.05) is 38.0 Å². The summed E-state index contributed by atoms with van der Waals surface area (Å²) in [5.74, 6) is -0.439. The maximum Gasteiger partial charge on any atom is 0.322 e. The zero-order chi connectivity index (χ0) is 21.7. The van der Waals surface area contributed by atoms with Crippen LogP contribution in [0, 0.1) is 6.92 Å². The first-order valence-electron chi connectivity index (χ1n) is 9.48. The summed E-state index contributed by atoms with van der Waals surface area (Å²) in [5.41, 5.74) is 7.12. The number of aryl methyl sites for hydroxylation is 1. The van der Waals surface area contributed by atoms with Crippen molar-refractivity contribution in [2.24, 2.45) is 5.73 Å². The third kappa shape index (κ3) is 4.98. The summed E-state index contributed by atoms with van der Waals surface area (Å²) in [6.45, 7) is 2.48. The van der Waals surface area contributed by atoms with Gasteiger partial charge in [-0.05, 0) is 30.5 Å².